The highest BCUT2D eigenvalue weighted by Crippen LogP contribution is 2.35. The van der Waals surface area contributed by atoms with E-state index in [1.54, 1.807) is 48.4 Å². The van der Waals surface area contributed by atoms with Crippen molar-refractivity contribution in [3.63, 3.8) is 0 Å². The van der Waals surface area contributed by atoms with E-state index in [1.807, 2.05) is 0 Å². The largest absolute Gasteiger partial charge is 0.494 e. The molecule has 0 aliphatic carbocycles. The van der Waals surface area contributed by atoms with Crippen LogP contribution in [0, 0.1) is 0 Å². The van der Waals surface area contributed by atoms with Gasteiger partial charge in [0.2, 0.25) is 12.7 Å². The number of nitrogens with one attached hydrogen (secondary N) is 1. The predicted molar refractivity (Wildman–Crippen MR) is 95.1 cm³/mol. The zero-order valence-electron chi connectivity index (χ0n) is 14.3. The molecule has 1 saturated heterocycles. The van der Waals surface area contributed by atoms with Crippen LogP contribution in [0.15, 0.2) is 36.4 Å². The molecule has 2 heterocycles. The normalized spacial score (nSPS) is 15.3. The zero-order valence-corrected chi connectivity index (χ0v) is 14.3. The molecule has 0 atom stereocenters. The second-order valence-corrected chi connectivity index (χ2v) is 6.06. The molecule has 2 aliphatic rings. The first kappa shape index (κ1) is 16.3. The van der Waals surface area contributed by atoms with Gasteiger partial charge in [0.05, 0.1) is 12.8 Å². The number of anilines is 2. The minimum absolute atomic E-state index is 0.0837. The average molecular weight is 354 g/mol. The van der Waals surface area contributed by atoms with Crippen molar-refractivity contribution >= 4 is 23.2 Å². The number of hydrogen-bond acceptors (Lipinski definition) is 5. The van der Waals surface area contributed by atoms with Crippen molar-refractivity contribution in [1.29, 1.82) is 0 Å². The standard InChI is InChI=1S/C19H18N2O5/c1-24-16-10-13(5-6-14(16)21-8-2-3-18(21)22)20-19(23)12-4-7-15-17(9-12)26-11-25-15/h4-7,9-10H,2-3,8,11H2,1H3,(H,20,23). The summed E-state index contributed by atoms with van der Waals surface area (Å²) in [5.74, 6) is 1.54. The summed E-state index contributed by atoms with van der Waals surface area (Å²) in [6.07, 6.45) is 1.39. The van der Waals surface area contributed by atoms with Gasteiger partial charge in [-0.2, -0.15) is 0 Å². The molecule has 4 rings (SSSR count). The quantitative estimate of drug-likeness (QED) is 0.914. The summed E-state index contributed by atoms with van der Waals surface area (Å²) in [6.45, 7) is 0.840. The molecule has 2 aliphatic heterocycles. The van der Waals surface area contributed by atoms with Gasteiger partial charge in [0.25, 0.3) is 5.91 Å². The van der Waals surface area contributed by atoms with E-state index in [4.69, 9.17) is 14.2 Å². The maximum absolute atomic E-state index is 12.5. The smallest absolute Gasteiger partial charge is 0.255 e. The molecule has 0 saturated carbocycles. The van der Waals surface area contributed by atoms with Crippen molar-refractivity contribution in [2.75, 3.05) is 30.7 Å². The van der Waals surface area contributed by atoms with Crippen LogP contribution in [-0.2, 0) is 4.79 Å². The van der Waals surface area contributed by atoms with Crippen molar-refractivity contribution in [2.45, 2.75) is 12.8 Å². The Bertz CT molecular complexity index is 880. The van der Waals surface area contributed by atoms with Crippen LogP contribution in [0.3, 0.4) is 0 Å². The van der Waals surface area contributed by atoms with Gasteiger partial charge >= 0.3 is 0 Å². The Morgan fingerprint density at radius 2 is 2.00 bits per heavy atom. The molecule has 0 radical (unpaired) electrons. The van der Waals surface area contributed by atoms with E-state index >= 15 is 0 Å². The van der Waals surface area contributed by atoms with E-state index in [0.717, 1.165) is 12.1 Å². The first-order valence-electron chi connectivity index (χ1n) is 8.35. The fraction of sp³-hybridized carbons (Fsp3) is 0.263. The van der Waals surface area contributed by atoms with E-state index in [1.165, 1.54) is 0 Å². The van der Waals surface area contributed by atoms with Crippen LogP contribution in [0.5, 0.6) is 17.2 Å². The van der Waals surface area contributed by atoms with Gasteiger partial charge in [-0.25, -0.2) is 0 Å². The van der Waals surface area contributed by atoms with Crippen LogP contribution in [-0.4, -0.2) is 32.3 Å². The number of ether oxygens (including phenoxy) is 3. The van der Waals surface area contributed by atoms with Crippen molar-refractivity contribution in [1.82, 2.24) is 0 Å². The average Bonchev–Trinajstić information content (AvgIpc) is 3.29. The number of methoxy groups -OCH3 is 1. The van der Waals surface area contributed by atoms with Crippen molar-refractivity contribution in [3.05, 3.63) is 42.0 Å². The molecule has 2 aromatic rings. The number of nitrogens with zero attached hydrogens (tertiary/aromatic N) is 1. The molecule has 0 bridgehead atoms. The number of rotatable bonds is 4. The molecule has 0 spiro atoms. The van der Waals surface area contributed by atoms with Crippen molar-refractivity contribution < 1.29 is 23.8 Å². The molecule has 0 unspecified atom stereocenters. The van der Waals surface area contributed by atoms with E-state index < -0.39 is 0 Å². The third-order valence-electron chi connectivity index (χ3n) is 4.44. The van der Waals surface area contributed by atoms with E-state index in [9.17, 15) is 9.59 Å². The Labute approximate surface area is 150 Å². The van der Waals surface area contributed by atoms with Crippen LogP contribution >= 0.6 is 0 Å². The van der Waals surface area contributed by atoms with Crippen LogP contribution < -0.4 is 24.4 Å². The summed E-state index contributed by atoms with van der Waals surface area (Å²) in [4.78, 5) is 26.2. The van der Waals surface area contributed by atoms with Gasteiger partial charge in [-0.05, 0) is 36.8 Å². The molecule has 1 N–H and O–H groups in total. The summed E-state index contributed by atoms with van der Waals surface area (Å²) >= 11 is 0. The lowest BCUT2D eigenvalue weighted by molar-refractivity contribution is -0.117. The van der Waals surface area contributed by atoms with Crippen LogP contribution in [0.2, 0.25) is 0 Å². The Morgan fingerprint density at radius 3 is 2.77 bits per heavy atom. The van der Waals surface area contributed by atoms with Crippen LogP contribution in [0.4, 0.5) is 11.4 Å². The molecule has 2 amide bonds. The molecule has 26 heavy (non-hydrogen) atoms. The lowest BCUT2D eigenvalue weighted by Crippen LogP contribution is -2.24. The first-order chi connectivity index (χ1) is 12.7. The second-order valence-electron chi connectivity index (χ2n) is 6.06. The van der Waals surface area contributed by atoms with E-state index in [0.29, 0.717) is 41.5 Å². The van der Waals surface area contributed by atoms with Crippen LogP contribution in [0.25, 0.3) is 0 Å². The van der Waals surface area contributed by atoms with Gasteiger partial charge in [0, 0.05) is 30.3 Å². The lowest BCUT2D eigenvalue weighted by Gasteiger charge is -2.19. The van der Waals surface area contributed by atoms with Gasteiger partial charge in [-0.3, -0.25) is 9.59 Å². The highest BCUT2D eigenvalue weighted by Gasteiger charge is 2.24. The molecular formula is C19H18N2O5. The molecule has 0 aromatic heterocycles. The van der Waals surface area contributed by atoms with Gasteiger partial charge in [-0.15, -0.1) is 0 Å². The minimum atomic E-state index is -0.268. The summed E-state index contributed by atoms with van der Waals surface area (Å²) in [6, 6.07) is 10.3. The number of carbonyl (C=O) groups excluding carboxylic acids is 2. The molecule has 1 fully saturated rings. The maximum atomic E-state index is 12.5. The molecular weight excluding hydrogens is 336 g/mol. The first-order valence-corrected chi connectivity index (χ1v) is 8.35. The summed E-state index contributed by atoms with van der Waals surface area (Å²) < 4.78 is 16.0. The molecule has 7 nitrogen and oxygen atoms in total. The summed E-state index contributed by atoms with van der Waals surface area (Å²) in [5.41, 5.74) is 1.77. The Kier molecular flexibility index (Phi) is 4.12. The number of hydrogen-bond donors (Lipinski definition) is 1. The number of carbonyl (C=O) groups is 2. The predicted octanol–water partition coefficient (Wildman–Crippen LogP) is 2.80. The minimum Gasteiger partial charge on any atom is -0.494 e. The monoisotopic (exact) mass is 354 g/mol. The summed E-state index contributed by atoms with van der Waals surface area (Å²) in [5, 5.41) is 2.83. The highest BCUT2D eigenvalue weighted by atomic mass is 16.7. The number of fused-ring (bicyclic) bond motifs is 1. The van der Waals surface area contributed by atoms with Gasteiger partial charge in [-0.1, -0.05) is 0 Å². The third kappa shape index (κ3) is 2.92. The third-order valence-corrected chi connectivity index (χ3v) is 4.44. The zero-order chi connectivity index (χ0) is 18.1. The summed E-state index contributed by atoms with van der Waals surface area (Å²) in [7, 11) is 1.54. The van der Waals surface area contributed by atoms with Gasteiger partial charge in [0.15, 0.2) is 11.5 Å². The molecule has 2 aromatic carbocycles. The van der Waals surface area contributed by atoms with Crippen molar-refractivity contribution in [2.24, 2.45) is 0 Å². The Morgan fingerprint density at radius 1 is 1.15 bits per heavy atom. The number of amides is 2. The highest BCUT2D eigenvalue weighted by molar-refractivity contribution is 6.05. The topological polar surface area (TPSA) is 77.1 Å². The van der Waals surface area contributed by atoms with Crippen molar-refractivity contribution in [3.8, 4) is 17.2 Å². The Hall–Kier alpha value is -3.22. The lowest BCUT2D eigenvalue weighted by atomic mass is 10.1. The molecule has 134 valence electrons. The van der Waals surface area contributed by atoms with Crippen LogP contribution in [0.1, 0.15) is 23.2 Å². The second kappa shape index (κ2) is 6.59. The van der Waals surface area contributed by atoms with Gasteiger partial charge < -0.3 is 24.4 Å². The number of benzene rings is 2. The SMILES string of the molecule is COc1cc(NC(=O)c2ccc3c(c2)OCO3)ccc1N1CCCC1=O. The fourth-order valence-corrected chi connectivity index (χ4v) is 3.12. The van der Waals surface area contributed by atoms with E-state index in [2.05, 4.69) is 5.32 Å². The molecule has 7 heteroatoms. The van der Waals surface area contributed by atoms with E-state index in [-0.39, 0.29) is 18.6 Å². The van der Waals surface area contributed by atoms with Gasteiger partial charge in [0.1, 0.15) is 5.75 Å². The Balaban J connectivity index is 1.54. The fourth-order valence-electron chi connectivity index (χ4n) is 3.12. The maximum Gasteiger partial charge on any atom is 0.255 e.